The summed E-state index contributed by atoms with van der Waals surface area (Å²) in [5.41, 5.74) is 2.36. The summed E-state index contributed by atoms with van der Waals surface area (Å²) in [6.07, 6.45) is 0. The van der Waals surface area contributed by atoms with E-state index in [1.165, 1.54) is 11.8 Å². The lowest BCUT2D eigenvalue weighted by Gasteiger charge is -2.02. The van der Waals surface area contributed by atoms with Crippen LogP contribution in [-0.4, -0.2) is 28.6 Å². The number of benzene rings is 2. The molecule has 0 bridgehead atoms. The van der Waals surface area contributed by atoms with Gasteiger partial charge in [-0.15, -0.1) is 17.0 Å². The summed E-state index contributed by atoms with van der Waals surface area (Å²) in [6, 6.07) is 12.5. The van der Waals surface area contributed by atoms with E-state index in [4.69, 9.17) is 16.3 Å². The summed E-state index contributed by atoms with van der Waals surface area (Å²) in [7, 11) is 1.60. The normalized spacial score (nSPS) is 10.3. The second-order valence-corrected chi connectivity index (χ2v) is 6.04. The van der Waals surface area contributed by atoms with Crippen molar-refractivity contribution in [3.05, 3.63) is 53.1 Å². The van der Waals surface area contributed by atoms with Gasteiger partial charge in [-0.3, -0.25) is 4.79 Å². The van der Waals surface area contributed by atoms with E-state index in [1.54, 1.807) is 37.4 Å². The highest BCUT2D eigenvalue weighted by Gasteiger charge is 2.09. The minimum absolute atomic E-state index is 0. The molecule has 2 aromatic carbocycles. The topological polar surface area (TPSA) is 55.0 Å². The van der Waals surface area contributed by atoms with E-state index in [-0.39, 0.29) is 22.8 Å². The van der Waals surface area contributed by atoms with Crippen LogP contribution in [-0.2, 0) is 0 Å². The lowest BCUT2D eigenvalue weighted by atomic mass is 10.1. The second-order valence-electron chi connectivity index (χ2n) is 4.64. The molecule has 0 aliphatic rings. The highest BCUT2D eigenvalue weighted by Crippen LogP contribution is 2.23. The van der Waals surface area contributed by atoms with Crippen molar-refractivity contribution < 1.29 is 9.53 Å². The smallest absolute Gasteiger partial charge is 0.173 e. The number of aromatic amines is 1. The zero-order valence-corrected chi connectivity index (χ0v) is 15.5. The number of nitrogens with one attached hydrogen (secondary N) is 1. The number of aromatic nitrogens is 2. The third-order valence-electron chi connectivity index (χ3n) is 3.17. The maximum atomic E-state index is 12.2. The molecule has 1 aromatic heterocycles. The molecule has 0 amide bonds. The van der Waals surface area contributed by atoms with E-state index >= 15 is 0 Å². The summed E-state index contributed by atoms with van der Waals surface area (Å²) in [5.74, 6) is 1.10. The Morgan fingerprint density at radius 1 is 1.26 bits per heavy atom. The van der Waals surface area contributed by atoms with Gasteiger partial charge in [0.1, 0.15) is 5.75 Å². The molecule has 4 nitrogen and oxygen atoms in total. The van der Waals surface area contributed by atoms with Crippen LogP contribution in [0.2, 0.25) is 5.02 Å². The average Bonchev–Trinajstić information content (AvgIpc) is 2.94. The Hall–Kier alpha value is -1.50. The van der Waals surface area contributed by atoms with Gasteiger partial charge in [-0.2, -0.15) is 0 Å². The van der Waals surface area contributed by atoms with E-state index < -0.39 is 0 Å². The van der Waals surface area contributed by atoms with E-state index in [2.05, 4.69) is 9.97 Å². The molecule has 0 fully saturated rings. The van der Waals surface area contributed by atoms with Gasteiger partial charge in [0.05, 0.1) is 23.9 Å². The van der Waals surface area contributed by atoms with Gasteiger partial charge in [0.2, 0.25) is 0 Å². The second kappa shape index (κ2) is 7.86. The monoisotopic (exact) mass is 412 g/mol. The minimum Gasteiger partial charge on any atom is -0.497 e. The van der Waals surface area contributed by atoms with E-state index in [9.17, 15) is 4.79 Å². The summed E-state index contributed by atoms with van der Waals surface area (Å²) < 4.78 is 5.08. The Balaban J connectivity index is 0.00000192. The molecule has 0 atom stereocenters. The van der Waals surface area contributed by atoms with Crippen molar-refractivity contribution in [1.29, 1.82) is 0 Å². The van der Waals surface area contributed by atoms with Crippen molar-refractivity contribution in [2.75, 3.05) is 12.9 Å². The molecule has 0 saturated heterocycles. The number of hydrogen-bond acceptors (Lipinski definition) is 4. The summed E-state index contributed by atoms with van der Waals surface area (Å²) in [5, 5.41) is 1.36. The van der Waals surface area contributed by atoms with Gasteiger partial charge >= 0.3 is 0 Å². The maximum Gasteiger partial charge on any atom is 0.173 e. The van der Waals surface area contributed by atoms with Crippen molar-refractivity contribution in [3.8, 4) is 5.75 Å². The van der Waals surface area contributed by atoms with Gasteiger partial charge in [0.25, 0.3) is 0 Å². The Morgan fingerprint density at radius 2 is 2.00 bits per heavy atom. The van der Waals surface area contributed by atoms with Gasteiger partial charge in [-0.25, -0.2) is 4.98 Å². The number of ketones is 1. The molecule has 7 heteroatoms. The molecule has 120 valence electrons. The fraction of sp³-hybridized carbons (Fsp3) is 0.125. The standard InChI is InChI=1S/C16H13ClN2O2S.BrH/c1-21-12-5-2-10(3-6-12)15(20)9-22-16-18-13-7-4-11(17)8-14(13)19-16;/h2-8H,9H2,1H3,(H,18,19);1H. The number of carbonyl (C=O) groups is 1. The van der Waals surface area contributed by atoms with Gasteiger partial charge < -0.3 is 9.72 Å². The van der Waals surface area contributed by atoms with Crippen molar-refractivity contribution in [1.82, 2.24) is 9.97 Å². The molecule has 1 heterocycles. The highest BCUT2D eigenvalue weighted by atomic mass is 79.9. The number of nitrogens with zero attached hydrogens (tertiary/aromatic N) is 1. The molecule has 23 heavy (non-hydrogen) atoms. The Kier molecular flexibility index (Phi) is 6.10. The number of fused-ring (bicyclic) bond motifs is 1. The Labute approximate surface area is 153 Å². The largest absolute Gasteiger partial charge is 0.497 e. The number of hydrogen-bond donors (Lipinski definition) is 1. The number of ether oxygens (including phenoxy) is 1. The first-order valence-electron chi connectivity index (χ1n) is 6.61. The first-order chi connectivity index (χ1) is 10.7. The van der Waals surface area contributed by atoms with E-state index in [0.29, 0.717) is 21.5 Å². The Bertz CT molecular complexity index is 821. The van der Waals surface area contributed by atoms with Crippen LogP contribution >= 0.6 is 40.3 Å². The highest BCUT2D eigenvalue weighted by molar-refractivity contribution is 8.93. The van der Waals surface area contributed by atoms with Crippen molar-refractivity contribution >= 4 is 57.2 Å². The number of Topliss-reactive ketones (excluding diaryl/α,β-unsaturated/α-hetero) is 1. The van der Waals surface area contributed by atoms with E-state index in [1.807, 2.05) is 12.1 Å². The van der Waals surface area contributed by atoms with Crippen LogP contribution < -0.4 is 4.74 Å². The summed E-state index contributed by atoms with van der Waals surface area (Å²) >= 11 is 7.32. The van der Waals surface area contributed by atoms with Crippen molar-refractivity contribution in [3.63, 3.8) is 0 Å². The molecule has 1 N–H and O–H groups in total. The Morgan fingerprint density at radius 3 is 2.70 bits per heavy atom. The number of H-pyrrole nitrogens is 1. The molecule has 0 aliphatic heterocycles. The first-order valence-corrected chi connectivity index (χ1v) is 7.97. The van der Waals surface area contributed by atoms with Crippen molar-refractivity contribution in [2.24, 2.45) is 0 Å². The van der Waals surface area contributed by atoms with Crippen LogP contribution in [0.1, 0.15) is 10.4 Å². The number of thioether (sulfide) groups is 1. The molecule has 0 aliphatic carbocycles. The molecule has 0 unspecified atom stereocenters. The van der Waals surface area contributed by atoms with Gasteiger partial charge in [0.15, 0.2) is 10.9 Å². The predicted octanol–water partition coefficient (Wildman–Crippen LogP) is 4.78. The van der Waals surface area contributed by atoms with Gasteiger partial charge in [0, 0.05) is 10.6 Å². The molecular weight excluding hydrogens is 400 g/mol. The third kappa shape index (κ3) is 4.28. The van der Waals surface area contributed by atoms with Crippen LogP contribution in [0.25, 0.3) is 11.0 Å². The number of methoxy groups -OCH3 is 1. The van der Waals surface area contributed by atoms with Crippen LogP contribution in [0.3, 0.4) is 0 Å². The average molecular weight is 414 g/mol. The van der Waals surface area contributed by atoms with Crippen molar-refractivity contribution in [2.45, 2.75) is 5.16 Å². The lowest BCUT2D eigenvalue weighted by Crippen LogP contribution is -2.02. The fourth-order valence-electron chi connectivity index (χ4n) is 2.02. The van der Waals surface area contributed by atoms with Crippen LogP contribution in [0.4, 0.5) is 0 Å². The van der Waals surface area contributed by atoms with Crippen LogP contribution in [0.15, 0.2) is 47.6 Å². The zero-order valence-electron chi connectivity index (χ0n) is 12.2. The minimum atomic E-state index is 0. The molecule has 0 radical (unpaired) electrons. The zero-order chi connectivity index (χ0) is 15.5. The summed E-state index contributed by atoms with van der Waals surface area (Å²) in [4.78, 5) is 19.7. The van der Waals surface area contributed by atoms with Gasteiger partial charge in [-0.1, -0.05) is 23.4 Å². The predicted molar refractivity (Wildman–Crippen MR) is 99.5 cm³/mol. The van der Waals surface area contributed by atoms with E-state index in [0.717, 1.165) is 16.8 Å². The maximum absolute atomic E-state index is 12.2. The number of halogens is 2. The molecule has 3 aromatic rings. The molecule has 3 rings (SSSR count). The van der Waals surface area contributed by atoms with Crippen LogP contribution in [0, 0.1) is 0 Å². The molecular formula is C16H14BrClN2O2S. The first kappa shape index (κ1) is 17.8. The fourth-order valence-corrected chi connectivity index (χ4v) is 2.97. The quantitative estimate of drug-likeness (QED) is 0.483. The third-order valence-corrected chi connectivity index (χ3v) is 4.28. The van der Waals surface area contributed by atoms with Crippen LogP contribution in [0.5, 0.6) is 5.75 Å². The number of carbonyl (C=O) groups excluding carboxylic acids is 1. The summed E-state index contributed by atoms with van der Waals surface area (Å²) in [6.45, 7) is 0. The number of rotatable bonds is 5. The molecule has 0 spiro atoms. The van der Waals surface area contributed by atoms with Gasteiger partial charge in [-0.05, 0) is 42.5 Å². The lowest BCUT2D eigenvalue weighted by molar-refractivity contribution is 0.102. The SMILES string of the molecule is Br.COc1ccc(C(=O)CSc2nc3ccc(Cl)cc3[nH]2)cc1. The number of imidazole rings is 1. The molecule has 0 saturated carbocycles.